The van der Waals surface area contributed by atoms with Gasteiger partial charge in [-0.1, -0.05) is 49.7 Å². The zero-order valence-electron chi connectivity index (χ0n) is 9.08. The Labute approximate surface area is 76.8 Å². The van der Waals surface area contributed by atoms with E-state index in [0.29, 0.717) is 6.71 Å². The molecule has 1 rings (SSSR count). The van der Waals surface area contributed by atoms with Gasteiger partial charge in [-0.3, -0.25) is 0 Å². The van der Waals surface area contributed by atoms with Gasteiger partial charge in [-0.2, -0.15) is 0 Å². The zero-order valence-corrected chi connectivity index (χ0v) is 9.08. The summed E-state index contributed by atoms with van der Waals surface area (Å²) in [6.07, 6.45) is 0. The number of hydrogen-bond donors (Lipinski definition) is 0. The molecular formula is C11H18B. The van der Waals surface area contributed by atoms with E-state index in [-0.39, 0.29) is 0 Å². The molecule has 1 aliphatic heterocycles. The fourth-order valence-corrected chi connectivity index (χ4v) is 1.85. The van der Waals surface area contributed by atoms with Gasteiger partial charge < -0.3 is 0 Å². The highest BCUT2D eigenvalue weighted by Crippen LogP contribution is 2.34. The molecule has 0 aliphatic carbocycles. The second-order valence-corrected chi connectivity index (χ2v) is 3.96. The molecule has 1 heterocycles. The average molecular weight is 161 g/mol. The van der Waals surface area contributed by atoms with Gasteiger partial charge in [0, 0.05) is 5.92 Å². The van der Waals surface area contributed by atoms with Gasteiger partial charge in [0.1, 0.15) is 0 Å². The first kappa shape index (κ1) is 9.63. The summed E-state index contributed by atoms with van der Waals surface area (Å²) >= 11 is 0. The largest absolute Gasteiger partial charge is 0.195 e. The van der Waals surface area contributed by atoms with Crippen LogP contribution in [-0.2, 0) is 0 Å². The summed E-state index contributed by atoms with van der Waals surface area (Å²) in [5.74, 6) is 1.48. The Morgan fingerprint density at radius 1 is 0.750 bits per heavy atom. The first-order valence-corrected chi connectivity index (χ1v) is 4.65. The van der Waals surface area contributed by atoms with E-state index in [4.69, 9.17) is 0 Å². The predicted molar refractivity (Wildman–Crippen MR) is 57.3 cm³/mol. The van der Waals surface area contributed by atoms with Gasteiger partial charge in [0.2, 0.25) is 0 Å². The van der Waals surface area contributed by atoms with Crippen molar-refractivity contribution >= 4 is 6.71 Å². The van der Waals surface area contributed by atoms with Crippen molar-refractivity contribution in [3.8, 4) is 0 Å². The molecule has 1 aliphatic rings. The molecule has 1 heteroatoms. The number of rotatable bonds is 0. The van der Waals surface area contributed by atoms with E-state index in [9.17, 15) is 0 Å². The molecule has 0 saturated heterocycles. The molecule has 0 amide bonds. The second kappa shape index (κ2) is 3.12. The first-order chi connectivity index (χ1) is 5.46. The standard InChI is InChI=1S/C11H18B/c1-7-8(2)10(4)12(6)11(5)9(7)3/h1-6H3. The van der Waals surface area contributed by atoms with Gasteiger partial charge >= 0.3 is 0 Å². The molecule has 0 fully saturated rings. The SMILES string of the molecule is CB1C(C)=C(C)[C](C)C(C)=C1C. The van der Waals surface area contributed by atoms with Crippen LogP contribution in [0.15, 0.2) is 22.1 Å². The third kappa shape index (κ3) is 1.26. The maximum Gasteiger partial charge on any atom is 0.195 e. The summed E-state index contributed by atoms with van der Waals surface area (Å²) in [6, 6.07) is 0. The summed E-state index contributed by atoms with van der Waals surface area (Å²) < 4.78 is 0. The predicted octanol–water partition coefficient (Wildman–Crippen LogP) is 3.47. The van der Waals surface area contributed by atoms with Gasteiger partial charge in [-0.05, 0) is 13.8 Å². The van der Waals surface area contributed by atoms with Gasteiger partial charge in [0.15, 0.2) is 6.71 Å². The summed E-state index contributed by atoms with van der Waals surface area (Å²) in [4.78, 5) is 0. The fourth-order valence-electron chi connectivity index (χ4n) is 1.85. The Bertz CT molecular complexity index is 206. The minimum atomic E-state index is 0.647. The van der Waals surface area contributed by atoms with E-state index in [2.05, 4.69) is 41.4 Å². The highest BCUT2D eigenvalue weighted by molar-refractivity contribution is 6.73. The number of hydrogen-bond acceptors (Lipinski definition) is 0. The monoisotopic (exact) mass is 161 g/mol. The Morgan fingerprint density at radius 3 is 1.42 bits per heavy atom. The third-order valence-electron chi connectivity index (χ3n) is 3.61. The Balaban J connectivity index is 3.13. The molecule has 0 aromatic heterocycles. The molecule has 0 nitrogen and oxygen atoms in total. The molecule has 0 aromatic rings. The van der Waals surface area contributed by atoms with Crippen molar-refractivity contribution in [3.63, 3.8) is 0 Å². The quantitative estimate of drug-likeness (QED) is 0.477. The van der Waals surface area contributed by atoms with Crippen molar-refractivity contribution in [2.45, 2.75) is 41.4 Å². The molecule has 0 unspecified atom stereocenters. The smallest absolute Gasteiger partial charge is 0.0994 e. The summed E-state index contributed by atoms with van der Waals surface area (Å²) in [5.41, 5.74) is 6.06. The molecule has 1 radical (unpaired) electrons. The molecule has 0 aromatic carbocycles. The van der Waals surface area contributed by atoms with E-state index in [1.165, 1.54) is 28.0 Å². The zero-order chi connectivity index (χ0) is 9.46. The van der Waals surface area contributed by atoms with Crippen LogP contribution in [-0.4, -0.2) is 6.71 Å². The topological polar surface area (TPSA) is 0 Å². The summed E-state index contributed by atoms with van der Waals surface area (Å²) in [5, 5.41) is 0. The minimum Gasteiger partial charge on any atom is -0.0994 e. The normalized spacial score (nSPS) is 21.0. The third-order valence-corrected chi connectivity index (χ3v) is 3.61. The highest BCUT2D eigenvalue weighted by atomic mass is 14.2. The van der Waals surface area contributed by atoms with E-state index in [0.717, 1.165) is 0 Å². The van der Waals surface area contributed by atoms with Gasteiger partial charge in [-0.15, -0.1) is 0 Å². The van der Waals surface area contributed by atoms with Crippen LogP contribution in [0, 0.1) is 5.92 Å². The number of allylic oxidation sites excluding steroid dienone is 4. The summed E-state index contributed by atoms with van der Waals surface area (Å²) in [7, 11) is 0. The van der Waals surface area contributed by atoms with Crippen molar-refractivity contribution in [1.82, 2.24) is 0 Å². The van der Waals surface area contributed by atoms with E-state index in [1.807, 2.05) is 0 Å². The van der Waals surface area contributed by atoms with Crippen molar-refractivity contribution < 1.29 is 0 Å². The molecule has 0 saturated carbocycles. The molecule has 0 N–H and O–H groups in total. The van der Waals surface area contributed by atoms with Crippen molar-refractivity contribution in [2.24, 2.45) is 0 Å². The average Bonchev–Trinajstić information content (AvgIpc) is 2.08. The fraction of sp³-hybridized carbons (Fsp3) is 0.545. The maximum absolute atomic E-state index is 2.30. The summed E-state index contributed by atoms with van der Waals surface area (Å²) in [6.45, 7) is 14.1. The molecule has 0 spiro atoms. The van der Waals surface area contributed by atoms with Gasteiger partial charge in [0.05, 0.1) is 0 Å². The van der Waals surface area contributed by atoms with Gasteiger partial charge in [0.25, 0.3) is 0 Å². The van der Waals surface area contributed by atoms with Crippen LogP contribution in [0.1, 0.15) is 34.6 Å². The minimum absolute atomic E-state index is 0.647. The van der Waals surface area contributed by atoms with Crippen LogP contribution in [0.5, 0.6) is 0 Å². The molecule has 12 heavy (non-hydrogen) atoms. The highest BCUT2D eigenvalue weighted by Gasteiger charge is 2.25. The van der Waals surface area contributed by atoms with Crippen molar-refractivity contribution in [1.29, 1.82) is 0 Å². The second-order valence-electron chi connectivity index (χ2n) is 3.96. The van der Waals surface area contributed by atoms with E-state index < -0.39 is 0 Å². The van der Waals surface area contributed by atoms with Crippen LogP contribution in [0.25, 0.3) is 0 Å². The van der Waals surface area contributed by atoms with Crippen molar-refractivity contribution in [3.05, 3.63) is 28.0 Å². The molecule has 0 atom stereocenters. The molecular weight excluding hydrogens is 143 g/mol. The van der Waals surface area contributed by atoms with Crippen molar-refractivity contribution in [2.75, 3.05) is 0 Å². The molecule has 0 bridgehead atoms. The van der Waals surface area contributed by atoms with Crippen LogP contribution >= 0.6 is 0 Å². The Morgan fingerprint density at radius 2 is 1.08 bits per heavy atom. The van der Waals surface area contributed by atoms with E-state index >= 15 is 0 Å². The lowest BCUT2D eigenvalue weighted by Gasteiger charge is -2.28. The first-order valence-electron chi connectivity index (χ1n) is 4.65. The van der Waals surface area contributed by atoms with Crippen LogP contribution in [0.3, 0.4) is 0 Å². The molecule has 65 valence electrons. The lowest BCUT2D eigenvalue weighted by atomic mass is 9.38. The maximum atomic E-state index is 2.30. The lowest BCUT2D eigenvalue weighted by molar-refractivity contribution is 1.07. The van der Waals surface area contributed by atoms with Gasteiger partial charge in [-0.25, -0.2) is 0 Å². The Hall–Kier alpha value is -0.455. The Kier molecular flexibility index (Phi) is 2.50. The lowest BCUT2D eigenvalue weighted by Crippen LogP contribution is -2.22. The van der Waals surface area contributed by atoms with E-state index in [1.54, 1.807) is 0 Å². The van der Waals surface area contributed by atoms with Crippen LogP contribution in [0.4, 0.5) is 0 Å². The van der Waals surface area contributed by atoms with Crippen LogP contribution < -0.4 is 0 Å². The van der Waals surface area contributed by atoms with Crippen LogP contribution in [0.2, 0.25) is 6.82 Å².